The third-order valence-corrected chi connectivity index (χ3v) is 5.54. The molecule has 0 radical (unpaired) electrons. The van der Waals surface area contributed by atoms with Crippen molar-refractivity contribution in [3.05, 3.63) is 29.8 Å². The largest absolute Gasteiger partial charge is 0.490 e. The molecule has 1 aromatic rings. The van der Waals surface area contributed by atoms with Gasteiger partial charge in [0.05, 0.1) is 18.6 Å². The topological polar surface area (TPSA) is 70.0 Å². The highest BCUT2D eigenvalue weighted by atomic mass is 16.5. The van der Waals surface area contributed by atoms with E-state index in [0.29, 0.717) is 25.8 Å². The van der Waals surface area contributed by atoms with Crippen LogP contribution in [0.5, 0.6) is 5.75 Å². The molecule has 2 N–H and O–H groups in total. The quantitative estimate of drug-likeness (QED) is 0.858. The van der Waals surface area contributed by atoms with E-state index in [4.69, 9.17) is 4.74 Å². The number of hydrogen-bond donors (Lipinski definition) is 2. The van der Waals surface area contributed by atoms with Crippen molar-refractivity contribution in [2.45, 2.75) is 63.1 Å². The molecule has 1 aliphatic heterocycles. The number of carbonyl (C=O) groups excluding carboxylic acids is 1. The van der Waals surface area contributed by atoms with Crippen LogP contribution in [0.25, 0.3) is 0 Å². The van der Waals surface area contributed by atoms with E-state index in [0.717, 1.165) is 30.6 Å². The Morgan fingerprint density at radius 1 is 1.12 bits per heavy atom. The van der Waals surface area contributed by atoms with Gasteiger partial charge in [0.1, 0.15) is 18.0 Å². The third-order valence-electron chi connectivity index (χ3n) is 5.54. The fraction of sp³-hybridized carbons (Fsp3) is 0.650. The lowest BCUT2D eigenvalue weighted by Gasteiger charge is -2.33. The summed E-state index contributed by atoms with van der Waals surface area (Å²) in [7, 11) is 0. The molecule has 5 nitrogen and oxygen atoms in total. The molecule has 0 unspecified atom stereocenters. The number of aryl methyl sites for hydroxylation is 1. The Labute approximate surface area is 149 Å². The van der Waals surface area contributed by atoms with Crippen LogP contribution >= 0.6 is 0 Å². The summed E-state index contributed by atoms with van der Waals surface area (Å²) in [5.74, 6) is 0.702. The summed E-state index contributed by atoms with van der Waals surface area (Å²) in [5, 5.41) is 21.3. The van der Waals surface area contributed by atoms with Crippen molar-refractivity contribution in [3.63, 3.8) is 0 Å². The number of rotatable bonds is 5. The van der Waals surface area contributed by atoms with Gasteiger partial charge in [0.15, 0.2) is 0 Å². The van der Waals surface area contributed by atoms with Gasteiger partial charge in [-0.25, -0.2) is 0 Å². The van der Waals surface area contributed by atoms with Crippen LogP contribution in [-0.4, -0.2) is 51.9 Å². The molecule has 0 spiro atoms. The Bertz CT molecular complexity index is 611. The molecule has 138 valence electrons. The fourth-order valence-corrected chi connectivity index (χ4v) is 3.90. The molecular formula is C20H29NO4. The van der Waals surface area contributed by atoms with E-state index in [1.54, 1.807) is 4.90 Å². The van der Waals surface area contributed by atoms with Gasteiger partial charge in [-0.05, 0) is 37.8 Å². The first-order valence-corrected chi connectivity index (χ1v) is 9.30. The highest BCUT2D eigenvalue weighted by molar-refractivity contribution is 5.77. The molecule has 1 saturated carbocycles. The van der Waals surface area contributed by atoms with Crippen LogP contribution in [0.15, 0.2) is 24.3 Å². The lowest BCUT2D eigenvalue weighted by molar-refractivity contribution is -0.138. The SMILES string of the molecule is Cc1ccccc1OC[C@@]1(O)CCN(C(=O)CC2(O)CCCCC2)C1. The van der Waals surface area contributed by atoms with Crippen LogP contribution in [0.2, 0.25) is 0 Å². The van der Waals surface area contributed by atoms with E-state index >= 15 is 0 Å². The van der Waals surface area contributed by atoms with E-state index in [1.165, 1.54) is 0 Å². The van der Waals surface area contributed by atoms with Gasteiger partial charge in [0.2, 0.25) is 5.91 Å². The van der Waals surface area contributed by atoms with E-state index in [1.807, 2.05) is 31.2 Å². The minimum Gasteiger partial charge on any atom is -0.490 e. The predicted octanol–water partition coefficient (Wildman–Crippen LogP) is 2.42. The maximum absolute atomic E-state index is 12.5. The van der Waals surface area contributed by atoms with Gasteiger partial charge in [0.25, 0.3) is 0 Å². The highest BCUT2D eigenvalue weighted by Gasteiger charge is 2.41. The highest BCUT2D eigenvalue weighted by Crippen LogP contribution is 2.32. The summed E-state index contributed by atoms with van der Waals surface area (Å²) in [6.07, 6.45) is 5.18. The van der Waals surface area contributed by atoms with E-state index in [9.17, 15) is 15.0 Å². The molecule has 1 saturated heterocycles. The van der Waals surface area contributed by atoms with Crippen molar-refractivity contribution in [2.24, 2.45) is 0 Å². The molecule has 2 aliphatic rings. The minimum absolute atomic E-state index is 0.0591. The Morgan fingerprint density at radius 3 is 2.56 bits per heavy atom. The Hall–Kier alpha value is -1.59. The summed E-state index contributed by atoms with van der Waals surface area (Å²) in [4.78, 5) is 14.2. The number of nitrogens with zero attached hydrogens (tertiary/aromatic N) is 1. The van der Waals surface area contributed by atoms with Gasteiger partial charge in [-0.3, -0.25) is 4.79 Å². The van der Waals surface area contributed by atoms with Crippen LogP contribution in [0, 0.1) is 6.92 Å². The van der Waals surface area contributed by atoms with Crippen molar-refractivity contribution >= 4 is 5.91 Å². The molecule has 0 bridgehead atoms. The molecule has 1 amide bonds. The zero-order valence-electron chi connectivity index (χ0n) is 15.0. The Morgan fingerprint density at radius 2 is 1.84 bits per heavy atom. The van der Waals surface area contributed by atoms with E-state index in [-0.39, 0.29) is 25.5 Å². The lowest BCUT2D eigenvalue weighted by atomic mass is 9.82. The summed E-state index contributed by atoms with van der Waals surface area (Å²) < 4.78 is 5.78. The summed E-state index contributed by atoms with van der Waals surface area (Å²) in [6, 6.07) is 7.70. The van der Waals surface area contributed by atoms with Crippen molar-refractivity contribution in [1.29, 1.82) is 0 Å². The average Bonchev–Trinajstić information content (AvgIpc) is 2.97. The second-order valence-electron chi connectivity index (χ2n) is 7.81. The number of β-amino-alcohol motifs (C(OH)–C–C–N with tert-alkyl or cyclic N) is 1. The Balaban J connectivity index is 1.53. The van der Waals surface area contributed by atoms with E-state index in [2.05, 4.69) is 0 Å². The summed E-state index contributed by atoms with van der Waals surface area (Å²) >= 11 is 0. The van der Waals surface area contributed by atoms with Crippen molar-refractivity contribution < 1.29 is 19.7 Å². The number of aliphatic hydroxyl groups is 2. The molecule has 0 aromatic heterocycles. The van der Waals surface area contributed by atoms with Gasteiger partial charge in [0, 0.05) is 6.54 Å². The van der Waals surface area contributed by atoms with Gasteiger partial charge in [-0.2, -0.15) is 0 Å². The van der Waals surface area contributed by atoms with Gasteiger partial charge in [-0.1, -0.05) is 37.5 Å². The first kappa shape index (κ1) is 18.2. The Kier molecular flexibility index (Phi) is 5.35. The van der Waals surface area contributed by atoms with Crippen LogP contribution in [0.1, 0.15) is 50.5 Å². The first-order valence-electron chi connectivity index (χ1n) is 9.30. The first-order chi connectivity index (χ1) is 11.9. The van der Waals surface area contributed by atoms with Crippen LogP contribution in [0.4, 0.5) is 0 Å². The fourth-order valence-electron chi connectivity index (χ4n) is 3.90. The van der Waals surface area contributed by atoms with Gasteiger partial charge in [-0.15, -0.1) is 0 Å². The molecular weight excluding hydrogens is 318 g/mol. The van der Waals surface area contributed by atoms with Crippen LogP contribution < -0.4 is 4.74 Å². The zero-order chi connectivity index (χ0) is 17.9. The third kappa shape index (κ3) is 4.53. The second-order valence-corrected chi connectivity index (χ2v) is 7.81. The maximum atomic E-state index is 12.5. The maximum Gasteiger partial charge on any atom is 0.225 e. The summed E-state index contributed by atoms with van der Waals surface area (Å²) in [5.41, 5.74) is -0.850. The molecule has 1 heterocycles. The lowest BCUT2D eigenvalue weighted by Crippen LogP contribution is -2.43. The minimum atomic E-state index is -1.02. The molecule has 1 atom stereocenters. The average molecular weight is 347 g/mol. The molecule has 25 heavy (non-hydrogen) atoms. The van der Waals surface area contributed by atoms with Gasteiger partial charge >= 0.3 is 0 Å². The van der Waals surface area contributed by atoms with E-state index < -0.39 is 11.2 Å². The predicted molar refractivity (Wildman–Crippen MR) is 95.5 cm³/mol. The molecule has 5 heteroatoms. The smallest absolute Gasteiger partial charge is 0.225 e. The van der Waals surface area contributed by atoms with Gasteiger partial charge < -0.3 is 19.8 Å². The molecule has 2 fully saturated rings. The normalized spacial score (nSPS) is 25.8. The van der Waals surface area contributed by atoms with Crippen molar-refractivity contribution in [3.8, 4) is 5.75 Å². The van der Waals surface area contributed by atoms with Crippen LogP contribution in [-0.2, 0) is 4.79 Å². The molecule has 1 aromatic carbocycles. The second kappa shape index (κ2) is 7.34. The number of benzene rings is 1. The molecule has 1 aliphatic carbocycles. The zero-order valence-corrected chi connectivity index (χ0v) is 15.0. The standard InChI is InChI=1S/C20H29NO4/c1-16-7-3-4-8-17(16)25-15-20(24)11-12-21(14-20)18(22)13-19(23)9-5-2-6-10-19/h3-4,7-8,23-24H,2,5-6,9-15H2,1H3/t20-/m1/s1. The summed E-state index contributed by atoms with van der Waals surface area (Å²) in [6.45, 7) is 2.93. The number of ether oxygens (including phenoxy) is 1. The molecule has 3 rings (SSSR count). The number of carbonyl (C=O) groups is 1. The monoisotopic (exact) mass is 347 g/mol. The van der Waals surface area contributed by atoms with Crippen molar-refractivity contribution in [1.82, 2.24) is 4.90 Å². The number of hydrogen-bond acceptors (Lipinski definition) is 4. The number of para-hydroxylation sites is 1. The van der Waals surface area contributed by atoms with Crippen LogP contribution in [0.3, 0.4) is 0 Å². The van der Waals surface area contributed by atoms with Crippen molar-refractivity contribution in [2.75, 3.05) is 19.7 Å². The number of amides is 1. The number of likely N-dealkylation sites (tertiary alicyclic amines) is 1.